The van der Waals surface area contributed by atoms with Gasteiger partial charge in [-0.25, -0.2) is 0 Å². The van der Waals surface area contributed by atoms with Gasteiger partial charge in [-0.1, -0.05) is 32.0 Å². The first-order valence-corrected chi connectivity index (χ1v) is 6.19. The molecule has 1 aromatic rings. The first kappa shape index (κ1) is 11.5. The molecule has 0 saturated carbocycles. The molecule has 2 unspecified atom stereocenters. The van der Waals surface area contributed by atoms with Crippen LogP contribution in [0.15, 0.2) is 18.2 Å². The van der Waals surface area contributed by atoms with Crippen molar-refractivity contribution in [1.29, 1.82) is 0 Å². The summed E-state index contributed by atoms with van der Waals surface area (Å²) in [6.07, 6.45) is 1.17. The molecule has 1 aromatic carbocycles. The molecule has 0 aliphatic carbocycles. The Balaban J connectivity index is 2.29. The third-order valence-electron chi connectivity index (χ3n) is 3.25. The van der Waals surface area contributed by atoms with Crippen molar-refractivity contribution in [2.45, 2.75) is 33.2 Å². The molecule has 0 saturated heterocycles. The Morgan fingerprint density at radius 1 is 1.44 bits per heavy atom. The number of ether oxygens (including phenoxy) is 1. The summed E-state index contributed by atoms with van der Waals surface area (Å²) in [5.74, 6) is 1.63. The van der Waals surface area contributed by atoms with Gasteiger partial charge in [0.05, 0.1) is 6.61 Å². The molecule has 2 rings (SSSR count). The second-order valence-corrected chi connectivity index (χ2v) is 4.71. The molecule has 0 radical (unpaired) electrons. The van der Waals surface area contributed by atoms with Crippen molar-refractivity contribution in [1.82, 2.24) is 5.32 Å². The normalized spacial score (nSPS) is 23.7. The highest BCUT2D eigenvalue weighted by Crippen LogP contribution is 2.37. The summed E-state index contributed by atoms with van der Waals surface area (Å²) in [6.45, 7) is 8.46. The van der Waals surface area contributed by atoms with Crippen molar-refractivity contribution in [3.63, 3.8) is 0 Å². The molecule has 2 heteroatoms. The van der Waals surface area contributed by atoms with E-state index < -0.39 is 0 Å². The monoisotopic (exact) mass is 219 g/mol. The van der Waals surface area contributed by atoms with E-state index >= 15 is 0 Å². The Labute approximate surface area is 98.0 Å². The fourth-order valence-corrected chi connectivity index (χ4v) is 2.35. The van der Waals surface area contributed by atoms with Crippen LogP contribution in [0.5, 0.6) is 5.75 Å². The molecule has 0 spiro atoms. The fourth-order valence-electron chi connectivity index (χ4n) is 2.35. The number of aryl methyl sites for hydroxylation is 1. The summed E-state index contributed by atoms with van der Waals surface area (Å²) in [4.78, 5) is 0. The summed E-state index contributed by atoms with van der Waals surface area (Å²) in [6, 6.07) is 6.87. The zero-order valence-electron chi connectivity index (χ0n) is 10.4. The first-order valence-electron chi connectivity index (χ1n) is 6.19. The lowest BCUT2D eigenvalue weighted by molar-refractivity contribution is 0.187. The van der Waals surface area contributed by atoms with Crippen LogP contribution < -0.4 is 10.1 Å². The van der Waals surface area contributed by atoms with Crippen molar-refractivity contribution in [2.75, 3.05) is 13.2 Å². The maximum Gasteiger partial charge on any atom is 0.126 e. The summed E-state index contributed by atoms with van der Waals surface area (Å²) in [5.41, 5.74) is 2.57. The number of fused-ring (bicyclic) bond motifs is 1. The largest absolute Gasteiger partial charge is 0.493 e. The predicted molar refractivity (Wildman–Crippen MR) is 66.9 cm³/mol. The number of para-hydroxylation sites is 1. The number of hydrogen-bond donors (Lipinski definition) is 1. The van der Waals surface area contributed by atoms with Gasteiger partial charge in [0.1, 0.15) is 5.75 Å². The minimum absolute atomic E-state index is 0.448. The van der Waals surface area contributed by atoms with Gasteiger partial charge in [0.15, 0.2) is 0 Å². The summed E-state index contributed by atoms with van der Waals surface area (Å²) in [5, 5.41) is 3.62. The quantitative estimate of drug-likeness (QED) is 0.843. The van der Waals surface area contributed by atoms with E-state index in [1.54, 1.807) is 0 Å². The lowest BCUT2D eigenvalue weighted by Crippen LogP contribution is -2.34. The lowest BCUT2D eigenvalue weighted by Gasteiger charge is -2.33. The van der Waals surface area contributed by atoms with E-state index in [0.29, 0.717) is 12.0 Å². The van der Waals surface area contributed by atoms with Crippen molar-refractivity contribution in [3.8, 4) is 5.75 Å². The van der Waals surface area contributed by atoms with Crippen molar-refractivity contribution >= 4 is 0 Å². The van der Waals surface area contributed by atoms with Gasteiger partial charge in [0.25, 0.3) is 0 Å². The van der Waals surface area contributed by atoms with E-state index in [4.69, 9.17) is 4.74 Å². The number of nitrogens with one attached hydrogen (secondary N) is 1. The van der Waals surface area contributed by atoms with Crippen LogP contribution in [0.25, 0.3) is 0 Å². The maximum absolute atomic E-state index is 5.84. The smallest absolute Gasteiger partial charge is 0.126 e. The minimum Gasteiger partial charge on any atom is -0.493 e. The van der Waals surface area contributed by atoms with Crippen molar-refractivity contribution in [3.05, 3.63) is 29.3 Å². The van der Waals surface area contributed by atoms with Crippen LogP contribution in [0.1, 0.15) is 37.4 Å². The second-order valence-electron chi connectivity index (χ2n) is 4.71. The summed E-state index contributed by atoms with van der Waals surface area (Å²) >= 11 is 0. The van der Waals surface area contributed by atoms with Crippen molar-refractivity contribution in [2.24, 2.45) is 5.92 Å². The molecule has 1 aliphatic rings. The van der Waals surface area contributed by atoms with Gasteiger partial charge < -0.3 is 10.1 Å². The maximum atomic E-state index is 5.84. The van der Waals surface area contributed by atoms with E-state index in [2.05, 4.69) is 44.3 Å². The van der Waals surface area contributed by atoms with Crippen LogP contribution in [0.3, 0.4) is 0 Å². The third-order valence-corrected chi connectivity index (χ3v) is 3.25. The van der Waals surface area contributed by atoms with Crippen LogP contribution in [0, 0.1) is 12.8 Å². The molecule has 16 heavy (non-hydrogen) atoms. The Kier molecular flexibility index (Phi) is 3.49. The van der Waals surface area contributed by atoms with Gasteiger partial charge in [-0.15, -0.1) is 0 Å². The average Bonchev–Trinajstić information content (AvgIpc) is 2.28. The number of rotatable bonds is 3. The van der Waals surface area contributed by atoms with E-state index in [0.717, 1.165) is 18.9 Å². The topological polar surface area (TPSA) is 21.3 Å². The van der Waals surface area contributed by atoms with Crippen LogP contribution in [0.4, 0.5) is 0 Å². The van der Waals surface area contributed by atoms with Crippen molar-refractivity contribution < 1.29 is 4.74 Å². The molecule has 88 valence electrons. The van der Waals surface area contributed by atoms with Crippen LogP contribution in [-0.2, 0) is 0 Å². The Morgan fingerprint density at radius 2 is 2.25 bits per heavy atom. The minimum atomic E-state index is 0.448. The predicted octanol–water partition coefficient (Wildman–Crippen LogP) is 3.06. The van der Waals surface area contributed by atoms with E-state index in [1.165, 1.54) is 17.5 Å². The van der Waals surface area contributed by atoms with Gasteiger partial charge in [0, 0.05) is 17.5 Å². The highest BCUT2D eigenvalue weighted by Gasteiger charge is 2.27. The van der Waals surface area contributed by atoms with Gasteiger partial charge >= 0.3 is 0 Å². The highest BCUT2D eigenvalue weighted by atomic mass is 16.5. The number of hydrogen-bond acceptors (Lipinski definition) is 2. The number of benzene rings is 1. The van der Waals surface area contributed by atoms with Gasteiger partial charge in [0.2, 0.25) is 0 Å². The Bertz CT molecular complexity index is 362. The molecular formula is C14H21NO. The molecule has 0 amide bonds. The molecule has 2 atom stereocenters. The van der Waals surface area contributed by atoms with Gasteiger partial charge in [-0.3, -0.25) is 0 Å². The first-order chi connectivity index (χ1) is 7.74. The molecule has 1 N–H and O–H groups in total. The highest BCUT2D eigenvalue weighted by molar-refractivity contribution is 5.44. The van der Waals surface area contributed by atoms with E-state index in [-0.39, 0.29) is 0 Å². The zero-order chi connectivity index (χ0) is 11.5. The molecule has 1 aliphatic heterocycles. The molecule has 0 fully saturated rings. The van der Waals surface area contributed by atoms with Gasteiger partial charge in [-0.05, 0) is 25.5 Å². The SMILES string of the molecule is CCCNC1c2cccc(C)c2OCC1C. The summed E-state index contributed by atoms with van der Waals surface area (Å²) < 4.78 is 5.84. The van der Waals surface area contributed by atoms with Crippen LogP contribution >= 0.6 is 0 Å². The Morgan fingerprint density at radius 3 is 3.00 bits per heavy atom. The zero-order valence-corrected chi connectivity index (χ0v) is 10.4. The average molecular weight is 219 g/mol. The molecule has 0 aromatic heterocycles. The van der Waals surface area contributed by atoms with Crippen LogP contribution in [-0.4, -0.2) is 13.2 Å². The molecule has 0 bridgehead atoms. The fraction of sp³-hybridized carbons (Fsp3) is 0.571. The standard InChI is InChI=1S/C14H21NO/c1-4-8-15-13-11(3)9-16-14-10(2)6-5-7-12(13)14/h5-7,11,13,15H,4,8-9H2,1-3H3. The molecule has 2 nitrogen and oxygen atoms in total. The molecule has 1 heterocycles. The summed E-state index contributed by atoms with van der Waals surface area (Å²) in [7, 11) is 0. The molecular weight excluding hydrogens is 198 g/mol. The van der Waals surface area contributed by atoms with Gasteiger partial charge in [-0.2, -0.15) is 0 Å². The van der Waals surface area contributed by atoms with E-state index in [9.17, 15) is 0 Å². The van der Waals surface area contributed by atoms with E-state index in [1.807, 2.05) is 0 Å². The third kappa shape index (κ3) is 2.07. The van der Waals surface area contributed by atoms with Crippen LogP contribution in [0.2, 0.25) is 0 Å². The lowest BCUT2D eigenvalue weighted by atomic mass is 9.90. The Hall–Kier alpha value is -1.02. The second kappa shape index (κ2) is 4.88.